The van der Waals surface area contributed by atoms with Gasteiger partial charge in [-0.1, -0.05) is 11.5 Å². The Kier molecular flexibility index (Phi) is 21.6. The quantitative estimate of drug-likeness (QED) is 0.0149. The molecule has 0 bridgehead atoms. The summed E-state index contributed by atoms with van der Waals surface area (Å²) in [6, 6.07) is -3.17. The Bertz CT molecular complexity index is 1870. The fourth-order valence-corrected chi connectivity index (χ4v) is 7.96. The van der Waals surface area contributed by atoms with Crippen LogP contribution >= 0.6 is 0 Å². The van der Waals surface area contributed by atoms with Crippen LogP contribution in [-0.4, -0.2) is 246 Å². The molecule has 0 saturated carbocycles. The maximum atomic E-state index is 12.6. The van der Waals surface area contributed by atoms with Crippen LogP contribution in [0.15, 0.2) is 5.11 Å². The third-order valence-electron chi connectivity index (χ3n) is 10.6. The molecule has 4 fully saturated rings. The SMILES string of the molecule is CC(=O)N[C@H]1[C@H](OC[C@H]2O[C@@H](OCCCCCN=[N+]=[N-])[C@H](NC(C)=O)[C@@H](O[C@@H]3O[C@H](COS(=O)(=O)O)[C@@H](O)[C@H](O)[C@H]3O)[C@H]2O)O[C@H](CO)[C@H](O)[C@@H]1O[C@@H]1O[C@H](COS(=O)(=O)O)[C@@H](O)[C@H](O)[C@H]1O. The number of amides is 2. The number of ether oxygens (including phenoxy) is 8. The molecule has 0 aromatic rings. The maximum Gasteiger partial charge on any atom is 0.397 e. The number of aliphatic hydroxyl groups is 9. The standard InChI is InChI=1S/C33H57N5O27S2/c1-12(40)36-18-29(65-33-27(49)25(47)21(43)17(63-33)11-59-67(53,54)55)23(45)15(61-30(18)56-7-5-3-4-6-35-38-34)9-57-31-19(37-13(2)41)28(22(44)14(8-39)60-31)64-32-26(48)24(46)20(42)16(62-32)10-58-66(50,51)52/h14-33,39,42-49H,3-11H2,1-2H3,(H,36,40)(H,37,41)(H,50,51,52)(H,53,54,55)/t14-,15-,16-,17-,18-,19-,20-,21-,22+,23+,24+,25+,26-,27-,28-,29-,30-,31-,32+,33+/m1/s1. The second kappa shape index (κ2) is 25.4. The van der Waals surface area contributed by atoms with E-state index in [0.717, 1.165) is 13.8 Å². The lowest BCUT2D eigenvalue weighted by Crippen LogP contribution is -2.69. The molecule has 34 heteroatoms. The number of carbonyl (C=O) groups excluding carboxylic acids is 2. The number of hydrogen-bond acceptors (Lipinski definition) is 26. The summed E-state index contributed by atoms with van der Waals surface area (Å²) in [6.45, 7) is -1.86. The lowest BCUT2D eigenvalue weighted by atomic mass is 9.94. The van der Waals surface area contributed by atoms with E-state index in [0.29, 0.717) is 19.3 Å². The summed E-state index contributed by atoms with van der Waals surface area (Å²) in [4.78, 5) is 27.8. The normalized spacial score (nSPS) is 39.5. The van der Waals surface area contributed by atoms with Gasteiger partial charge in [0.05, 0.1) is 26.4 Å². The van der Waals surface area contributed by atoms with E-state index >= 15 is 0 Å². The lowest BCUT2D eigenvalue weighted by molar-refractivity contribution is -0.355. The zero-order chi connectivity index (χ0) is 50.0. The van der Waals surface area contributed by atoms with Crippen molar-refractivity contribution in [2.75, 3.05) is 39.6 Å². The van der Waals surface area contributed by atoms with E-state index in [9.17, 15) is 72.4 Å². The third-order valence-corrected chi connectivity index (χ3v) is 11.5. The van der Waals surface area contributed by atoms with Crippen molar-refractivity contribution in [1.29, 1.82) is 0 Å². The number of carbonyl (C=O) groups is 2. The molecule has 0 unspecified atom stereocenters. The topological polar surface area (TPSA) is 490 Å². The van der Waals surface area contributed by atoms with Crippen LogP contribution in [0.1, 0.15) is 33.1 Å². The molecule has 13 N–H and O–H groups in total. The molecule has 0 aliphatic carbocycles. The number of aliphatic hydroxyl groups excluding tert-OH is 9. The molecule has 4 aliphatic heterocycles. The summed E-state index contributed by atoms with van der Waals surface area (Å²) >= 11 is 0. The first-order valence-corrected chi connectivity index (χ1v) is 23.1. The predicted molar refractivity (Wildman–Crippen MR) is 210 cm³/mol. The molecule has 0 aromatic carbocycles. The predicted octanol–water partition coefficient (Wildman–Crippen LogP) is -7.30. The van der Waals surface area contributed by atoms with Gasteiger partial charge in [0.15, 0.2) is 25.2 Å². The first-order valence-electron chi connectivity index (χ1n) is 20.4. The number of azide groups is 1. The van der Waals surface area contributed by atoms with Crippen molar-refractivity contribution in [3.05, 3.63) is 10.4 Å². The van der Waals surface area contributed by atoms with E-state index in [1.54, 1.807) is 0 Å². The molecular formula is C33H57N5O27S2. The highest BCUT2D eigenvalue weighted by molar-refractivity contribution is 7.81. The minimum absolute atomic E-state index is 0.106. The van der Waals surface area contributed by atoms with Crippen LogP contribution in [0.4, 0.5) is 0 Å². The van der Waals surface area contributed by atoms with Gasteiger partial charge in [-0.25, -0.2) is 8.37 Å². The van der Waals surface area contributed by atoms with Crippen molar-refractivity contribution in [3.63, 3.8) is 0 Å². The second-order valence-electron chi connectivity index (χ2n) is 15.6. The van der Waals surface area contributed by atoms with Gasteiger partial charge in [0.25, 0.3) is 0 Å². The van der Waals surface area contributed by atoms with Gasteiger partial charge >= 0.3 is 20.8 Å². The number of unbranched alkanes of at least 4 members (excludes halogenated alkanes) is 2. The molecule has 20 atom stereocenters. The van der Waals surface area contributed by atoms with Gasteiger partial charge in [-0.05, 0) is 18.4 Å². The van der Waals surface area contributed by atoms with Crippen molar-refractivity contribution >= 4 is 32.6 Å². The molecule has 67 heavy (non-hydrogen) atoms. The molecule has 2 amide bonds. The molecule has 0 spiro atoms. The molecular weight excluding hydrogens is 963 g/mol. The Labute approximate surface area is 381 Å². The fourth-order valence-electron chi connectivity index (χ4n) is 7.35. The third kappa shape index (κ3) is 16.2. The van der Waals surface area contributed by atoms with Crippen LogP contribution < -0.4 is 10.6 Å². The van der Waals surface area contributed by atoms with Crippen molar-refractivity contribution < 1.29 is 128 Å². The highest BCUT2D eigenvalue weighted by Gasteiger charge is 2.55. The van der Waals surface area contributed by atoms with Crippen LogP contribution in [-0.2, 0) is 76.6 Å². The van der Waals surface area contributed by atoms with Crippen LogP contribution in [0.2, 0.25) is 0 Å². The zero-order valence-corrected chi connectivity index (χ0v) is 37.2. The molecule has 32 nitrogen and oxygen atoms in total. The first kappa shape index (κ1) is 56.9. The van der Waals surface area contributed by atoms with E-state index in [-0.39, 0.29) is 13.2 Å². The molecule has 0 aromatic heterocycles. The number of rotatable bonds is 23. The summed E-state index contributed by atoms with van der Waals surface area (Å²) < 4.78 is 118. The van der Waals surface area contributed by atoms with Crippen LogP contribution in [0.5, 0.6) is 0 Å². The van der Waals surface area contributed by atoms with Crippen molar-refractivity contribution in [2.24, 2.45) is 5.11 Å². The first-order chi connectivity index (χ1) is 31.4. The van der Waals surface area contributed by atoms with Gasteiger partial charge in [-0.15, -0.1) is 0 Å². The van der Waals surface area contributed by atoms with Gasteiger partial charge < -0.3 is 94.5 Å². The fraction of sp³-hybridized carbons (Fsp3) is 0.939. The number of nitrogens with zero attached hydrogens (tertiary/aromatic N) is 3. The Morgan fingerprint density at radius 1 is 0.582 bits per heavy atom. The highest BCUT2D eigenvalue weighted by Crippen LogP contribution is 2.33. The summed E-state index contributed by atoms with van der Waals surface area (Å²) in [6.07, 6.45) is -33.3. The minimum atomic E-state index is -5.12. The van der Waals surface area contributed by atoms with E-state index in [4.69, 9.17) is 52.5 Å². The highest BCUT2D eigenvalue weighted by atomic mass is 32.3. The van der Waals surface area contributed by atoms with Gasteiger partial charge in [-0.3, -0.25) is 18.7 Å². The Morgan fingerprint density at radius 2 is 1.00 bits per heavy atom. The maximum absolute atomic E-state index is 12.6. The van der Waals surface area contributed by atoms with Gasteiger partial charge in [0, 0.05) is 31.9 Å². The lowest BCUT2D eigenvalue weighted by Gasteiger charge is -2.49. The van der Waals surface area contributed by atoms with E-state index in [2.05, 4.69) is 29.0 Å². The van der Waals surface area contributed by atoms with Gasteiger partial charge in [0.2, 0.25) is 11.8 Å². The van der Waals surface area contributed by atoms with Crippen molar-refractivity contribution in [2.45, 2.75) is 156 Å². The average molecular weight is 1020 g/mol. The van der Waals surface area contributed by atoms with Crippen molar-refractivity contribution in [1.82, 2.24) is 10.6 Å². The Morgan fingerprint density at radius 3 is 1.43 bits per heavy atom. The van der Waals surface area contributed by atoms with E-state index < -0.39 is 182 Å². The number of hydrogen-bond donors (Lipinski definition) is 13. The summed E-state index contributed by atoms with van der Waals surface area (Å²) in [7, 11) is -10.2. The monoisotopic (exact) mass is 1020 g/mol. The average Bonchev–Trinajstić information content (AvgIpc) is 3.24. The number of nitrogens with one attached hydrogen (secondary N) is 2. The van der Waals surface area contributed by atoms with Gasteiger partial charge in [-0.2, -0.15) is 16.8 Å². The second-order valence-corrected chi connectivity index (χ2v) is 17.8. The summed E-state index contributed by atoms with van der Waals surface area (Å²) in [5.74, 6) is -1.57. The molecule has 388 valence electrons. The minimum Gasteiger partial charge on any atom is -0.394 e. The van der Waals surface area contributed by atoms with Crippen LogP contribution in [0.25, 0.3) is 10.4 Å². The molecule has 4 aliphatic rings. The van der Waals surface area contributed by atoms with Gasteiger partial charge in [0.1, 0.15) is 97.5 Å². The Balaban J connectivity index is 1.64. The molecule has 4 heterocycles. The van der Waals surface area contributed by atoms with Crippen LogP contribution in [0.3, 0.4) is 0 Å². The summed E-state index contributed by atoms with van der Waals surface area (Å²) in [5.41, 5.74) is 8.55. The molecule has 4 rings (SSSR count). The van der Waals surface area contributed by atoms with E-state index in [1.165, 1.54) is 0 Å². The molecule has 4 saturated heterocycles. The van der Waals surface area contributed by atoms with E-state index in [1.807, 2.05) is 0 Å². The zero-order valence-electron chi connectivity index (χ0n) is 35.5. The Hall–Kier alpha value is -2.69. The smallest absolute Gasteiger partial charge is 0.394 e. The molecule has 0 radical (unpaired) electrons. The summed E-state index contributed by atoms with van der Waals surface area (Å²) in [5, 5.41) is 105. The largest absolute Gasteiger partial charge is 0.397 e. The van der Waals surface area contributed by atoms with Crippen molar-refractivity contribution in [3.8, 4) is 0 Å². The van der Waals surface area contributed by atoms with Crippen LogP contribution in [0, 0.1) is 0 Å².